The third-order valence-corrected chi connectivity index (χ3v) is 2.09. The molecule has 0 atom stereocenters. The lowest BCUT2D eigenvalue weighted by atomic mass is 9.97. The molecule has 1 saturated heterocycles. The van der Waals surface area contributed by atoms with E-state index in [4.69, 9.17) is 5.73 Å². The van der Waals surface area contributed by atoms with E-state index in [1.54, 1.807) is 0 Å². The van der Waals surface area contributed by atoms with Crippen LogP contribution in [0.25, 0.3) is 0 Å². The molecule has 0 spiro atoms. The Morgan fingerprint density at radius 2 is 2.00 bits per heavy atom. The molecule has 1 fully saturated rings. The number of nitrogens with zero attached hydrogens (tertiary/aromatic N) is 1. The predicted molar refractivity (Wildman–Crippen MR) is 38.3 cm³/mol. The molecule has 3 heteroatoms. The maximum atomic E-state index is 10.6. The van der Waals surface area contributed by atoms with Gasteiger partial charge in [-0.2, -0.15) is 0 Å². The molecule has 1 heterocycles. The summed E-state index contributed by atoms with van der Waals surface area (Å²) in [6, 6.07) is 0. The summed E-state index contributed by atoms with van der Waals surface area (Å²) in [5.41, 5.74) is 6.88. The van der Waals surface area contributed by atoms with Crippen LogP contribution < -0.4 is 5.73 Å². The first-order chi connectivity index (χ1) is 4.70. The average molecular weight is 141 g/mol. The Bertz CT molecular complexity index is 128. The Morgan fingerprint density at radius 1 is 1.50 bits per heavy atom. The molecule has 10 heavy (non-hydrogen) atoms. The molecule has 1 N–H and O–H groups in total. The minimum absolute atomic E-state index is 0.0243. The molecule has 0 saturated carbocycles. The summed E-state index contributed by atoms with van der Waals surface area (Å²) in [7, 11) is 2.05. The minimum atomic E-state index is -0.381. The second kappa shape index (κ2) is 3.01. The van der Waals surface area contributed by atoms with E-state index in [1.165, 1.54) is 0 Å². The zero-order valence-corrected chi connectivity index (χ0v) is 6.26. The fourth-order valence-electron chi connectivity index (χ4n) is 1.27. The fourth-order valence-corrected chi connectivity index (χ4v) is 1.27. The van der Waals surface area contributed by atoms with Crippen LogP contribution >= 0.6 is 0 Å². The molecule has 0 aromatic carbocycles. The molecule has 1 aliphatic rings. The number of likely N-dealkylation sites (tertiary alicyclic amines) is 1. The van der Waals surface area contributed by atoms with Crippen LogP contribution in [0.3, 0.4) is 0 Å². The van der Waals surface area contributed by atoms with Crippen LogP contribution in [0.1, 0.15) is 12.8 Å². The van der Waals surface area contributed by atoms with Crippen molar-refractivity contribution in [3.8, 4) is 0 Å². The monoisotopic (exact) mass is 141 g/mol. The van der Waals surface area contributed by atoms with E-state index in [0.29, 0.717) is 0 Å². The van der Waals surface area contributed by atoms with E-state index in [0.717, 1.165) is 25.9 Å². The SMILES string of the molecule is CN1CCC(C([NH])=O)CC1. The highest BCUT2D eigenvalue weighted by Crippen LogP contribution is 2.14. The van der Waals surface area contributed by atoms with Gasteiger partial charge >= 0.3 is 0 Å². The molecule has 0 unspecified atom stereocenters. The van der Waals surface area contributed by atoms with Crippen LogP contribution in [0.4, 0.5) is 0 Å². The molecular weight excluding hydrogens is 128 g/mol. The lowest BCUT2D eigenvalue weighted by Crippen LogP contribution is -2.33. The lowest BCUT2D eigenvalue weighted by Gasteiger charge is -2.26. The third kappa shape index (κ3) is 1.70. The fraction of sp³-hybridized carbons (Fsp3) is 0.857. The second-order valence-corrected chi connectivity index (χ2v) is 2.94. The van der Waals surface area contributed by atoms with Crippen LogP contribution in [-0.2, 0) is 4.79 Å². The first-order valence-corrected chi connectivity index (χ1v) is 3.64. The van der Waals surface area contributed by atoms with Gasteiger partial charge in [0.15, 0.2) is 0 Å². The lowest BCUT2D eigenvalue weighted by molar-refractivity contribution is -0.123. The van der Waals surface area contributed by atoms with E-state index >= 15 is 0 Å². The summed E-state index contributed by atoms with van der Waals surface area (Å²) in [4.78, 5) is 12.7. The zero-order chi connectivity index (χ0) is 7.56. The topological polar surface area (TPSA) is 44.1 Å². The molecule has 57 valence electrons. The third-order valence-electron chi connectivity index (χ3n) is 2.09. The summed E-state index contributed by atoms with van der Waals surface area (Å²) in [5.74, 6) is -0.357. The number of carbonyl (C=O) groups is 1. The van der Waals surface area contributed by atoms with Crippen LogP contribution in [0.5, 0.6) is 0 Å². The van der Waals surface area contributed by atoms with Crippen molar-refractivity contribution in [1.82, 2.24) is 10.6 Å². The van der Waals surface area contributed by atoms with Gasteiger partial charge in [0.1, 0.15) is 0 Å². The highest BCUT2D eigenvalue weighted by Gasteiger charge is 2.20. The van der Waals surface area contributed by atoms with Gasteiger partial charge in [-0.1, -0.05) is 0 Å². The first-order valence-electron chi connectivity index (χ1n) is 3.64. The second-order valence-electron chi connectivity index (χ2n) is 2.94. The van der Waals surface area contributed by atoms with Crippen molar-refractivity contribution in [1.29, 1.82) is 0 Å². The number of hydrogen-bond donors (Lipinski definition) is 0. The molecule has 0 aromatic rings. The zero-order valence-electron chi connectivity index (χ0n) is 6.26. The predicted octanol–water partition coefficient (Wildman–Crippen LogP) is 0.138. The molecule has 3 nitrogen and oxygen atoms in total. The van der Waals surface area contributed by atoms with Gasteiger partial charge in [-0.05, 0) is 33.0 Å². The van der Waals surface area contributed by atoms with Crippen molar-refractivity contribution in [2.45, 2.75) is 12.8 Å². The van der Waals surface area contributed by atoms with Crippen molar-refractivity contribution in [2.24, 2.45) is 5.92 Å². The summed E-state index contributed by atoms with van der Waals surface area (Å²) in [5, 5.41) is 0. The van der Waals surface area contributed by atoms with Crippen molar-refractivity contribution in [2.75, 3.05) is 20.1 Å². The van der Waals surface area contributed by atoms with Gasteiger partial charge in [0.2, 0.25) is 5.91 Å². The van der Waals surface area contributed by atoms with Gasteiger partial charge in [-0.15, -0.1) is 0 Å². The van der Waals surface area contributed by atoms with Crippen LogP contribution in [0.2, 0.25) is 0 Å². The Balaban J connectivity index is 2.33. The minimum Gasteiger partial charge on any atom is -0.306 e. The number of hydrogen-bond acceptors (Lipinski definition) is 2. The first kappa shape index (κ1) is 7.54. The van der Waals surface area contributed by atoms with Gasteiger partial charge in [0.25, 0.3) is 0 Å². The van der Waals surface area contributed by atoms with E-state index in [1.807, 2.05) is 7.05 Å². The van der Waals surface area contributed by atoms with E-state index in [2.05, 4.69) is 4.90 Å². The molecular formula is C7H13N2O. The van der Waals surface area contributed by atoms with Gasteiger partial charge in [0.05, 0.1) is 0 Å². The Hall–Kier alpha value is -0.570. The average Bonchev–Trinajstić information content (AvgIpc) is 1.88. The number of nitrogens with one attached hydrogen (secondary N) is 1. The van der Waals surface area contributed by atoms with E-state index in [-0.39, 0.29) is 11.8 Å². The number of carbonyl (C=O) groups excluding carboxylic acids is 1. The van der Waals surface area contributed by atoms with Gasteiger partial charge < -0.3 is 4.90 Å². The van der Waals surface area contributed by atoms with E-state index < -0.39 is 0 Å². The van der Waals surface area contributed by atoms with Crippen molar-refractivity contribution >= 4 is 5.91 Å². The number of piperidine rings is 1. The highest BCUT2D eigenvalue weighted by molar-refractivity contribution is 5.75. The maximum Gasteiger partial charge on any atom is 0.241 e. The Labute approximate surface area is 61.2 Å². The number of amides is 1. The normalized spacial score (nSPS) is 22.9. The van der Waals surface area contributed by atoms with Gasteiger partial charge in [-0.3, -0.25) is 10.5 Å². The molecule has 1 aliphatic heterocycles. The van der Waals surface area contributed by atoms with E-state index in [9.17, 15) is 4.79 Å². The van der Waals surface area contributed by atoms with Crippen LogP contribution in [-0.4, -0.2) is 30.9 Å². The molecule has 0 bridgehead atoms. The van der Waals surface area contributed by atoms with Crippen molar-refractivity contribution < 1.29 is 4.79 Å². The summed E-state index contributed by atoms with van der Waals surface area (Å²) < 4.78 is 0. The standard InChI is InChI=1S/C7H13N2O/c1-9-4-2-6(3-5-9)7(8)10/h6,8H,2-5H2,1H3. The molecule has 1 radical (unpaired) electrons. The molecule has 0 aliphatic carbocycles. The Kier molecular flexibility index (Phi) is 2.27. The smallest absolute Gasteiger partial charge is 0.241 e. The maximum absolute atomic E-state index is 10.6. The quantitative estimate of drug-likeness (QED) is 0.521. The highest BCUT2D eigenvalue weighted by atomic mass is 16.1. The molecule has 1 amide bonds. The largest absolute Gasteiger partial charge is 0.306 e. The van der Waals surface area contributed by atoms with Crippen molar-refractivity contribution in [3.63, 3.8) is 0 Å². The van der Waals surface area contributed by atoms with Gasteiger partial charge in [0, 0.05) is 5.92 Å². The molecule has 0 aromatic heterocycles. The van der Waals surface area contributed by atoms with Crippen LogP contribution in [0.15, 0.2) is 0 Å². The van der Waals surface area contributed by atoms with Gasteiger partial charge in [-0.25, -0.2) is 0 Å². The summed E-state index contributed by atoms with van der Waals surface area (Å²) in [6.07, 6.45) is 1.75. The molecule has 1 rings (SSSR count). The van der Waals surface area contributed by atoms with Crippen LogP contribution in [0, 0.1) is 5.92 Å². The summed E-state index contributed by atoms with van der Waals surface area (Å²) >= 11 is 0. The number of rotatable bonds is 1. The van der Waals surface area contributed by atoms with Crippen molar-refractivity contribution in [3.05, 3.63) is 0 Å². The Morgan fingerprint density at radius 3 is 2.40 bits per heavy atom. The summed E-state index contributed by atoms with van der Waals surface area (Å²) in [6.45, 7) is 1.94.